The number of nitrogens with one attached hydrogen (secondary N) is 1. The van der Waals surface area contributed by atoms with Crippen LogP contribution in [-0.2, 0) is 9.59 Å². The molecule has 2 rings (SSSR count). The third-order valence-corrected chi connectivity index (χ3v) is 3.68. The molecule has 0 bridgehead atoms. The largest absolute Gasteiger partial charge is 0.493 e. The summed E-state index contributed by atoms with van der Waals surface area (Å²) in [7, 11) is 3.10. The molecule has 0 saturated carbocycles. The normalized spacial score (nSPS) is 17.5. The van der Waals surface area contributed by atoms with Crippen molar-refractivity contribution in [3.63, 3.8) is 0 Å². The van der Waals surface area contributed by atoms with Crippen molar-refractivity contribution < 1.29 is 19.1 Å². The van der Waals surface area contributed by atoms with Gasteiger partial charge in [-0.25, -0.2) is 0 Å². The fourth-order valence-corrected chi connectivity index (χ4v) is 2.60. The zero-order valence-corrected chi connectivity index (χ0v) is 13.4. The summed E-state index contributed by atoms with van der Waals surface area (Å²) in [5, 5.41) is 2.82. The summed E-state index contributed by atoms with van der Waals surface area (Å²) in [4.78, 5) is 25.4. The van der Waals surface area contributed by atoms with Gasteiger partial charge in [0.1, 0.15) is 0 Å². The summed E-state index contributed by atoms with van der Waals surface area (Å²) in [6.07, 6.45) is 0.533. The summed E-state index contributed by atoms with van der Waals surface area (Å²) in [6.45, 7) is 0.433. The van der Waals surface area contributed by atoms with Crippen LogP contribution in [0, 0.1) is 0 Å². The predicted octanol–water partition coefficient (Wildman–Crippen LogP) is 1.55. The molecule has 0 aliphatic carbocycles. The van der Waals surface area contributed by atoms with Gasteiger partial charge in [0.05, 0.1) is 20.3 Å². The van der Waals surface area contributed by atoms with E-state index in [-0.39, 0.29) is 36.6 Å². The number of ether oxygens (including phenoxy) is 2. The van der Waals surface area contributed by atoms with Crippen LogP contribution >= 0.6 is 11.6 Å². The highest BCUT2D eigenvalue weighted by atomic mass is 35.5. The van der Waals surface area contributed by atoms with Crippen molar-refractivity contribution in [2.45, 2.75) is 18.9 Å². The lowest BCUT2D eigenvalue weighted by Crippen LogP contribution is -2.37. The van der Waals surface area contributed by atoms with E-state index in [1.54, 1.807) is 37.3 Å². The van der Waals surface area contributed by atoms with Crippen molar-refractivity contribution in [3.05, 3.63) is 18.2 Å². The number of alkyl halides is 1. The second kappa shape index (κ2) is 7.35. The quantitative estimate of drug-likeness (QED) is 0.805. The number of carbonyl (C=O) groups excluding carboxylic acids is 2. The summed E-state index contributed by atoms with van der Waals surface area (Å²) < 4.78 is 10.4. The lowest BCUT2D eigenvalue weighted by molar-refractivity contribution is -0.121. The van der Waals surface area contributed by atoms with E-state index in [1.807, 2.05) is 0 Å². The molecule has 1 N–H and O–H groups in total. The monoisotopic (exact) mass is 326 g/mol. The highest BCUT2D eigenvalue weighted by Crippen LogP contribution is 2.33. The van der Waals surface area contributed by atoms with Gasteiger partial charge in [0, 0.05) is 37.0 Å². The highest BCUT2D eigenvalue weighted by molar-refractivity contribution is 6.18. The van der Waals surface area contributed by atoms with Crippen LogP contribution in [0.5, 0.6) is 11.5 Å². The molecule has 0 unspecified atom stereocenters. The van der Waals surface area contributed by atoms with Gasteiger partial charge in [0.2, 0.25) is 11.8 Å². The van der Waals surface area contributed by atoms with Gasteiger partial charge in [0.15, 0.2) is 11.5 Å². The molecule has 120 valence electrons. The molecule has 1 aliphatic rings. The zero-order valence-electron chi connectivity index (χ0n) is 12.6. The first kappa shape index (κ1) is 16.4. The van der Waals surface area contributed by atoms with Gasteiger partial charge in [-0.3, -0.25) is 9.59 Å². The number of hydrogen-bond acceptors (Lipinski definition) is 4. The maximum absolute atomic E-state index is 12.2. The van der Waals surface area contributed by atoms with Gasteiger partial charge in [-0.2, -0.15) is 0 Å². The van der Waals surface area contributed by atoms with Gasteiger partial charge >= 0.3 is 0 Å². The SMILES string of the molecule is COc1ccc(N2C[C@@H](NC(=O)CCCl)CC2=O)cc1OC. The second-order valence-electron chi connectivity index (χ2n) is 4.95. The third kappa shape index (κ3) is 3.62. The molecule has 0 radical (unpaired) electrons. The Hall–Kier alpha value is -1.95. The summed E-state index contributed by atoms with van der Waals surface area (Å²) in [5.74, 6) is 1.25. The van der Waals surface area contributed by atoms with Gasteiger partial charge < -0.3 is 19.7 Å². The van der Waals surface area contributed by atoms with Crippen molar-refractivity contribution in [1.82, 2.24) is 5.32 Å². The maximum atomic E-state index is 12.2. The van der Waals surface area contributed by atoms with Crippen molar-refractivity contribution in [1.29, 1.82) is 0 Å². The summed E-state index contributed by atoms with van der Waals surface area (Å²) in [6, 6.07) is 5.10. The number of benzene rings is 1. The van der Waals surface area contributed by atoms with Crippen molar-refractivity contribution in [2.75, 3.05) is 31.5 Å². The molecule has 1 aliphatic heterocycles. The van der Waals surface area contributed by atoms with E-state index in [0.29, 0.717) is 18.0 Å². The van der Waals surface area contributed by atoms with E-state index in [4.69, 9.17) is 21.1 Å². The Morgan fingerprint density at radius 2 is 2.09 bits per heavy atom. The van der Waals surface area contributed by atoms with E-state index < -0.39 is 0 Å². The molecule has 1 aromatic carbocycles. The van der Waals surface area contributed by atoms with Crippen LogP contribution in [0.15, 0.2) is 18.2 Å². The van der Waals surface area contributed by atoms with Gasteiger partial charge in [-0.15, -0.1) is 11.6 Å². The first-order valence-electron chi connectivity index (χ1n) is 6.96. The lowest BCUT2D eigenvalue weighted by atomic mass is 10.2. The van der Waals surface area contributed by atoms with Crippen LogP contribution in [0.4, 0.5) is 5.69 Å². The average Bonchev–Trinajstić information content (AvgIpc) is 2.87. The average molecular weight is 327 g/mol. The fraction of sp³-hybridized carbons (Fsp3) is 0.467. The number of rotatable bonds is 6. The molecular weight excluding hydrogens is 308 g/mol. The van der Waals surface area contributed by atoms with Crippen LogP contribution in [0.1, 0.15) is 12.8 Å². The lowest BCUT2D eigenvalue weighted by Gasteiger charge is -2.19. The number of hydrogen-bond donors (Lipinski definition) is 1. The van der Waals surface area contributed by atoms with Crippen LogP contribution in [-0.4, -0.2) is 44.5 Å². The predicted molar refractivity (Wildman–Crippen MR) is 83.8 cm³/mol. The first-order valence-corrected chi connectivity index (χ1v) is 7.50. The molecule has 1 aromatic rings. The zero-order chi connectivity index (χ0) is 16.1. The van der Waals surface area contributed by atoms with E-state index in [9.17, 15) is 9.59 Å². The molecular formula is C15H19ClN2O4. The van der Waals surface area contributed by atoms with Crippen molar-refractivity contribution in [3.8, 4) is 11.5 Å². The van der Waals surface area contributed by atoms with Crippen molar-refractivity contribution >= 4 is 29.1 Å². The summed E-state index contributed by atoms with van der Waals surface area (Å²) in [5.41, 5.74) is 0.719. The Morgan fingerprint density at radius 1 is 1.36 bits per heavy atom. The second-order valence-corrected chi connectivity index (χ2v) is 5.33. The molecule has 1 atom stereocenters. The molecule has 1 heterocycles. The fourth-order valence-electron chi connectivity index (χ4n) is 2.43. The minimum absolute atomic E-state index is 0.0385. The van der Waals surface area contributed by atoms with Crippen LogP contribution in [0.2, 0.25) is 0 Å². The highest BCUT2D eigenvalue weighted by Gasteiger charge is 2.31. The molecule has 0 aromatic heterocycles. The van der Waals surface area contributed by atoms with E-state index in [2.05, 4.69) is 5.32 Å². The van der Waals surface area contributed by atoms with Crippen LogP contribution < -0.4 is 19.7 Å². The summed E-state index contributed by atoms with van der Waals surface area (Å²) >= 11 is 5.53. The number of methoxy groups -OCH3 is 2. The van der Waals surface area contributed by atoms with E-state index in [1.165, 1.54) is 0 Å². The molecule has 0 spiro atoms. The molecule has 6 nitrogen and oxygen atoms in total. The molecule has 7 heteroatoms. The standard InChI is InChI=1S/C15H19ClN2O4/c1-21-12-4-3-11(8-13(12)22-2)18-9-10(7-15(18)20)17-14(19)5-6-16/h3-4,8,10H,5-7,9H2,1-2H3,(H,17,19)/t10-/m0/s1. The maximum Gasteiger partial charge on any atom is 0.229 e. The Bertz CT molecular complexity index is 564. The Balaban J connectivity index is 2.10. The molecule has 1 saturated heterocycles. The number of nitrogens with zero attached hydrogens (tertiary/aromatic N) is 1. The van der Waals surface area contributed by atoms with E-state index >= 15 is 0 Å². The minimum atomic E-state index is -0.198. The van der Waals surface area contributed by atoms with Crippen molar-refractivity contribution in [2.24, 2.45) is 0 Å². The third-order valence-electron chi connectivity index (χ3n) is 3.49. The van der Waals surface area contributed by atoms with Crippen LogP contribution in [0.25, 0.3) is 0 Å². The first-order chi connectivity index (χ1) is 10.6. The smallest absolute Gasteiger partial charge is 0.229 e. The Kier molecular flexibility index (Phi) is 5.49. The number of amides is 2. The molecule has 22 heavy (non-hydrogen) atoms. The molecule has 2 amide bonds. The number of anilines is 1. The van der Waals surface area contributed by atoms with Crippen LogP contribution in [0.3, 0.4) is 0 Å². The minimum Gasteiger partial charge on any atom is -0.493 e. The molecule has 1 fully saturated rings. The van der Waals surface area contributed by atoms with E-state index in [0.717, 1.165) is 5.69 Å². The number of halogens is 1. The Morgan fingerprint density at radius 3 is 2.73 bits per heavy atom. The number of carbonyl (C=O) groups is 2. The van der Waals surface area contributed by atoms with Gasteiger partial charge in [0.25, 0.3) is 0 Å². The van der Waals surface area contributed by atoms with Gasteiger partial charge in [-0.05, 0) is 12.1 Å². The Labute approximate surface area is 134 Å². The van der Waals surface area contributed by atoms with Gasteiger partial charge in [-0.1, -0.05) is 0 Å². The topological polar surface area (TPSA) is 67.9 Å².